The molecule has 1 saturated carbocycles. The summed E-state index contributed by atoms with van der Waals surface area (Å²) in [5, 5.41) is 0. The molecule has 0 unspecified atom stereocenters. The van der Waals surface area contributed by atoms with Gasteiger partial charge in [-0.1, -0.05) is 32.1 Å². The van der Waals surface area contributed by atoms with Gasteiger partial charge in [-0.25, -0.2) is 4.57 Å². The Bertz CT molecular complexity index is 563. The first-order chi connectivity index (χ1) is 8.98. The summed E-state index contributed by atoms with van der Waals surface area (Å²) in [5.41, 5.74) is 4.74. The zero-order valence-electron chi connectivity index (χ0n) is 12.5. The Morgan fingerprint density at radius 3 is 2.74 bits per heavy atom. The molecule has 3 aliphatic carbocycles. The zero-order valence-corrected chi connectivity index (χ0v) is 12.5. The van der Waals surface area contributed by atoms with Crippen molar-refractivity contribution in [2.24, 2.45) is 24.3 Å². The van der Waals surface area contributed by atoms with Crippen LogP contribution >= 0.6 is 0 Å². The van der Waals surface area contributed by atoms with E-state index in [1.807, 2.05) is 0 Å². The van der Waals surface area contributed by atoms with Crippen LogP contribution in [0.5, 0.6) is 0 Å². The topological polar surface area (TPSA) is 3.88 Å². The van der Waals surface area contributed by atoms with Crippen LogP contribution in [-0.2, 0) is 7.05 Å². The van der Waals surface area contributed by atoms with Gasteiger partial charge in [0.15, 0.2) is 12.4 Å². The predicted octanol–water partition coefficient (Wildman–Crippen LogP) is 3.83. The van der Waals surface area contributed by atoms with E-state index in [4.69, 9.17) is 0 Å². The minimum absolute atomic E-state index is 0.520. The maximum atomic E-state index is 2.46. The number of hydrogen-bond donors (Lipinski definition) is 0. The number of aromatic nitrogens is 1. The molecule has 1 aromatic heterocycles. The monoisotopic (exact) mass is 254 g/mol. The van der Waals surface area contributed by atoms with Gasteiger partial charge in [0.25, 0.3) is 0 Å². The van der Waals surface area contributed by atoms with Gasteiger partial charge >= 0.3 is 0 Å². The smallest absolute Gasteiger partial charge is 0.172 e. The van der Waals surface area contributed by atoms with Gasteiger partial charge in [0.1, 0.15) is 7.05 Å². The number of fused-ring (bicyclic) bond motifs is 1. The van der Waals surface area contributed by atoms with E-state index < -0.39 is 0 Å². The maximum absolute atomic E-state index is 2.46. The molecule has 1 heterocycles. The molecule has 0 radical (unpaired) electrons. The second-order valence-corrected chi connectivity index (χ2v) is 6.83. The highest BCUT2D eigenvalue weighted by Crippen LogP contribution is 2.59. The number of pyridine rings is 1. The van der Waals surface area contributed by atoms with Crippen molar-refractivity contribution in [1.82, 2.24) is 0 Å². The van der Waals surface area contributed by atoms with Gasteiger partial charge in [-0.2, -0.15) is 0 Å². The first-order valence-electron chi connectivity index (χ1n) is 7.32. The Kier molecular flexibility index (Phi) is 2.88. The second-order valence-electron chi connectivity index (χ2n) is 6.83. The summed E-state index contributed by atoms with van der Waals surface area (Å²) < 4.78 is 2.10. The van der Waals surface area contributed by atoms with Gasteiger partial charge in [-0.05, 0) is 48.2 Å². The molecule has 0 N–H and O–H groups in total. The van der Waals surface area contributed by atoms with Crippen molar-refractivity contribution in [3.63, 3.8) is 0 Å². The highest BCUT2D eigenvalue weighted by Gasteiger charge is 2.50. The van der Waals surface area contributed by atoms with Crippen LogP contribution in [0.4, 0.5) is 0 Å². The average molecular weight is 254 g/mol. The molecule has 0 amide bonds. The van der Waals surface area contributed by atoms with Crippen LogP contribution in [0.25, 0.3) is 6.08 Å². The molecule has 100 valence electrons. The summed E-state index contributed by atoms with van der Waals surface area (Å²) in [4.78, 5) is 0. The summed E-state index contributed by atoms with van der Waals surface area (Å²) in [6.45, 7) is 7.04. The van der Waals surface area contributed by atoms with Gasteiger partial charge in [-0.15, -0.1) is 0 Å². The van der Waals surface area contributed by atoms with Gasteiger partial charge in [0, 0.05) is 11.6 Å². The minimum Gasteiger partial charge on any atom is -0.207 e. The quantitative estimate of drug-likeness (QED) is 0.706. The van der Waals surface area contributed by atoms with E-state index in [0.717, 1.165) is 11.8 Å². The van der Waals surface area contributed by atoms with E-state index in [0.29, 0.717) is 5.41 Å². The molecule has 2 atom stereocenters. The van der Waals surface area contributed by atoms with Crippen molar-refractivity contribution in [3.8, 4) is 0 Å². The Labute approximate surface area is 116 Å². The van der Waals surface area contributed by atoms with Crippen molar-refractivity contribution < 1.29 is 4.57 Å². The summed E-state index contributed by atoms with van der Waals surface area (Å²) >= 11 is 0. The molecule has 0 aromatic carbocycles. The van der Waals surface area contributed by atoms with E-state index in [1.165, 1.54) is 24.0 Å². The van der Waals surface area contributed by atoms with Crippen LogP contribution in [0.15, 0.2) is 36.2 Å². The summed E-state index contributed by atoms with van der Waals surface area (Å²) in [7, 11) is 2.07. The van der Waals surface area contributed by atoms with Gasteiger partial charge in [0.2, 0.25) is 0 Å². The predicted molar refractivity (Wildman–Crippen MR) is 79.5 cm³/mol. The van der Waals surface area contributed by atoms with Crippen LogP contribution < -0.4 is 4.57 Å². The van der Waals surface area contributed by atoms with Crippen molar-refractivity contribution >= 4 is 6.08 Å². The number of aryl methyl sites for hydroxylation is 2. The number of hydrogen-bond acceptors (Lipinski definition) is 0. The van der Waals surface area contributed by atoms with Crippen molar-refractivity contribution in [2.75, 3.05) is 0 Å². The van der Waals surface area contributed by atoms with Crippen LogP contribution in [0.3, 0.4) is 0 Å². The number of nitrogens with zero attached hydrogens (tertiary/aromatic N) is 1. The standard InChI is InChI=1S/C18H24N/c1-13-12-19(4)10-9-14(13)5-6-15-7-8-16-11-17(15)18(16,2)3/h5-7,9-10,12,16-17H,8,11H2,1-4H3/q+1/b6-5+/t16-,17-/m0/s1. The van der Waals surface area contributed by atoms with E-state index in [2.05, 4.69) is 69.1 Å². The lowest BCUT2D eigenvalue weighted by molar-refractivity contribution is -0.671. The van der Waals surface area contributed by atoms with Gasteiger partial charge < -0.3 is 0 Å². The number of allylic oxidation sites excluding steroid dienone is 3. The minimum atomic E-state index is 0.520. The molecule has 2 bridgehead atoms. The molecule has 0 spiro atoms. The summed E-state index contributed by atoms with van der Waals surface area (Å²) in [6.07, 6.45) is 14.1. The molecule has 1 aromatic rings. The van der Waals surface area contributed by atoms with E-state index in [9.17, 15) is 0 Å². The first kappa shape index (κ1) is 12.7. The largest absolute Gasteiger partial charge is 0.207 e. The Morgan fingerprint density at radius 2 is 2.11 bits per heavy atom. The van der Waals surface area contributed by atoms with Crippen molar-refractivity contribution in [3.05, 3.63) is 47.3 Å². The normalized spacial score (nSPS) is 28.1. The number of rotatable bonds is 2. The molecule has 1 nitrogen and oxygen atoms in total. The molecule has 0 aliphatic heterocycles. The highest BCUT2D eigenvalue weighted by molar-refractivity contribution is 5.56. The fraction of sp³-hybridized carbons (Fsp3) is 0.500. The third kappa shape index (κ3) is 2.05. The highest BCUT2D eigenvalue weighted by atomic mass is 14.9. The molecule has 4 rings (SSSR count). The SMILES string of the molecule is Cc1c[n+](C)ccc1/C=C/C1=CC[C@H]2C[C@@H]1C2(C)C. The molecular weight excluding hydrogens is 230 g/mol. The zero-order chi connectivity index (χ0) is 13.6. The van der Waals surface area contributed by atoms with Crippen LogP contribution in [0.1, 0.15) is 37.8 Å². The van der Waals surface area contributed by atoms with E-state index >= 15 is 0 Å². The maximum Gasteiger partial charge on any atom is 0.172 e. The lowest BCUT2D eigenvalue weighted by Crippen LogP contribution is -2.47. The second kappa shape index (κ2) is 4.33. The summed E-state index contributed by atoms with van der Waals surface area (Å²) in [6, 6.07) is 2.20. The molecule has 19 heavy (non-hydrogen) atoms. The molecule has 3 aliphatic rings. The van der Waals surface area contributed by atoms with Crippen molar-refractivity contribution in [2.45, 2.75) is 33.6 Å². The molecular formula is C18H24N+. The third-order valence-corrected chi connectivity index (χ3v) is 5.31. The average Bonchev–Trinajstić information content (AvgIpc) is 2.37. The fourth-order valence-electron chi connectivity index (χ4n) is 3.71. The van der Waals surface area contributed by atoms with Gasteiger partial charge in [0.05, 0.1) is 0 Å². The Balaban J connectivity index is 1.82. The lowest BCUT2D eigenvalue weighted by Gasteiger charge is -2.56. The molecule has 0 saturated heterocycles. The van der Waals surface area contributed by atoms with Gasteiger partial charge in [-0.3, -0.25) is 0 Å². The fourth-order valence-corrected chi connectivity index (χ4v) is 3.71. The Morgan fingerprint density at radius 1 is 1.32 bits per heavy atom. The lowest BCUT2D eigenvalue weighted by atomic mass is 9.49. The van der Waals surface area contributed by atoms with Crippen LogP contribution in [0.2, 0.25) is 0 Å². The van der Waals surface area contributed by atoms with E-state index in [1.54, 1.807) is 5.57 Å². The van der Waals surface area contributed by atoms with Crippen LogP contribution in [-0.4, -0.2) is 0 Å². The Hall–Kier alpha value is -1.37. The molecule has 1 fully saturated rings. The summed E-state index contributed by atoms with van der Waals surface area (Å²) in [5.74, 6) is 1.70. The van der Waals surface area contributed by atoms with E-state index in [-0.39, 0.29) is 0 Å². The molecule has 1 heteroatoms. The van der Waals surface area contributed by atoms with Crippen LogP contribution in [0, 0.1) is 24.2 Å². The first-order valence-corrected chi connectivity index (χ1v) is 7.32. The third-order valence-electron chi connectivity index (χ3n) is 5.31. The van der Waals surface area contributed by atoms with Crippen molar-refractivity contribution in [1.29, 1.82) is 0 Å².